The first-order valence-electron chi connectivity index (χ1n) is 8.22. The largest absolute Gasteiger partial charge is 0.351 e. The Morgan fingerprint density at radius 3 is 3.04 bits per heavy atom. The molecule has 1 aliphatic carbocycles. The fraction of sp³-hybridized carbons (Fsp3) is 0.333. The lowest BCUT2D eigenvalue weighted by Gasteiger charge is -2.12. The number of fused-ring (bicyclic) bond motifs is 2. The molecule has 0 unspecified atom stereocenters. The first-order chi connectivity index (χ1) is 12.1. The second-order valence-electron chi connectivity index (χ2n) is 6.33. The number of hydrogen-bond acceptors (Lipinski definition) is 5. The minimum atomic E-state index is -0.00868. The van der Waals surface area contributed by atoms with E-state index >= 15 is 0 Å². The molecule has 2 aliphatic rings. The molecule has 0 saturated heterocycles. The third-order valence-electron chi connectivity index (χ3n) is 4.79. The van der Waals surface area contributed by atoms with Crippen LogP contribution >= 0.6 is 11.6 Å². The van der Waals surface area contributed by atoms with Crippen molar-refractivity contribution in [3.8, 4) is 6.07 Å². The van der Waals surface area contributed by atoms with E-state index in [0.29, 0.717) is 35.2 Å². The van der Waals surface area contributed by atoms with Crippen LogP contribution in [0.4, 0.5) is 5.95 Å². The van der Waals surface area contributed by atoms with Gasteiger partial charge in [-0.25, -0.2) is 9.97 Å². The molecule has 126 valence electrons. The number of aromatic nitrogens is 2. The highest BCUT2D eigenvalue weighted by molar-refractivity contribution is 6.30. The number of rotatable bonds is 3. The molecule has 0 saturated carbocycles. The molecule has 7 heteroatoms. The molecule has 1 aromatic heterocycles. The Morgan fingerprint density at radius 1 is 1.44 bits per heavy atom. The Bertz CT molecular complexity index is 920. The Hall–Kier alpha value is -2.65. The maximum Gasteiger partial charge on any atom is 0.257 e. The van der Waals surface area contributed by atoms with E-state index in [1.54, 1.807) is 17.2 Å². The van der Waals surface area contributed by atoms with Crippen LogP contribution in [0.2, 0.25) is 5.02 Å². The van der Waals surface area contributed by atoms with Gasteiger partial charge in [-0.2, -0.15) is 5.26 Å². The Balaban J connectivity index is 1.54. The molecule has 1 atom stereocenters. The smallest absolute Gasteiger partial charge is 0.257 e. The van der Waals surface area contributed by atoms with E-state index < -0.39 is 0 Å². The van der Waals surface area contributed by atoms with E-state index in [-0.39, 0.29) is 11.9 Å². The molecule has 25 heavy (non-hydrogen) atoms. The minimum Gasteiger partial charge on any atom is -0.351 e. The summed E-state index contributed by atoms with van der Waals surface area (Å²) in [6.45, 7) is 3.14. The van der Waals surface area contributed by atoms with E-state index in [2.05, 4.69) is 21.4 Å². The van der Waals surface area contributed by atoms with Crippen LogP contribution in [0.3, 0.4) is 0 Å². The minimum absolute atomic E-state index is 0.00868. The van der Waals surface area contributed by atoms with Gasteiger partial charge in [-0.3, -0.25) is 4.79 Å². The number of carbonyl (C=O) groups excluding carboxylic acids is 1. The van der Waals surface area contributed by atoms with Gasteiger partial charge in [0.1, 0.15) is 0 Å². The van der Waals surface area contributed by atoms with E-state index in [0.717, 1.165) is 29.7 Å². The maximum absolute atomic E-state index is 12.1. The van der Waals surface area contributed by atoms with Crippen molar-refractivity contribution in [3.63, 3.8) is 0 Å². The Kier molecular flexibility index (Phi) is 3.81. The van der Waals surface area contributed by atoms with E-state index in [1.807, 2.05) is 13.0 Å². The highest BCUT2D eigenvalue weighted by atomic mass is 35.5. The zero-order valence-corrected chi connectivity index (χ0v) is 14.5. The van der Waals surface area contributed by atoms with Crippen molar-refractivity contribution in [2.24, 2.45) is 0 Å². The molecule has 2 heterocycles. The van der Waals surface area contributed by atoms with Gasteiger partial charge in [0.15, 0.2) is 0 Å². The summed E-state index contributed by atoms with van der Waals surface area (Å²) >= 11 is 6.09. The van der Waals surface area contributed by atoms with Gasteiger partial charge in [0.05, 0.1) is 29.4 Å². The van der Waals surface area contributed by atoms with Gasteiger partial charge in [0, 0.05) is 23.8 Å². The number of halogens is 1. The fourth-order valence-electron chi connectivity index (χ4n) is 3.55. The van der Waals surface area contributed by atoms with E-state index in [9.17, 15) is 10.1 Å². The lowest BCUT2D eigenvalue weighted by Crippen LogP contribution is -2.22. The van der Waals surface area contributed by atoms with Crippen molar-refractivity contribution in [2.45, 2.75) is 32.4 Å². The number of hydrogen-bond donors (Lipinski definition) is 1. The monoisotopic (exact) mass is 353 g/mol. The summed E-state index contributed by atoms with van der Waals surface area (Å²) in [5, 5.41) is 13.2. The number of benzene rings is 1. The van der Waals surface area contributed by atoms with Crippen LogP contribution in [0, 0.1) is 11.3 Å². The first-order valence-corrected chi connectivity index (χ1v) is 8.60. The lowest BCUT2D eigenvalue weighted by molar-refractivity contribution is 0.0786. The summed E-state index contributed by atoms with van der Waals surface area (Å²) in [5.74, 6) is 0.512. The average Bonchev–Trinajstić information content (AvgIpc) is 3.14. The molecule has 4 rings (SSSR count). The van der Waals surface area contributed by atoms with Crippen molar-refractivity contribution in [2.75, 3.05) is 11.9 Å². The molecule has 2 aromatic rings. The molecule has 0 radical (unpaired) electrons. The zero-order valence-electron chi connectivity index (χ0n) is 13.7. The molecule has 1 aromatic carbocycles. The van der Waals surface area contributed by atoms with Crippen molar-refractivity contribution in [1.82, 2.24) is 14.9 Å². The van der Waals surface area contributed by atoms with Gasteiger partial charge < -0.3 is 10.2 Å². The zero-order chi connectivity index (χ0) is 17.6. The molecule has 1 N–H and O–H groups in total. The molecular formula is C18H16ClN5O. The molecular weight excluding hydrogens is 338 g/mol. The van der Waals surface area contributed by atoms with E-state index in [4.69, 9.17) is 11.6 Å². The van der Waals surface area contributed by atoms with Crippen LogP contribution in [0.1, 0.15) is 39.7 Å². The van der Waals surface area contributed by atoms with Crippen molar-refractivity contribution < 1.29 is 4.79 Å². The number of amides is 1. The quantitative estimate of drug-likeness (QED) is 0.917. The summed E-state index contributed by atoms with van der Waals surface area (Å²) < 4.78 is 0. The lowest BCUT2D eigenvalue weighted by atomic mass is 10.0. The Morgan fingerprint density at radius 2 is 2.28 bits per heavy atom. The van der Waals surface area contributed by atoms with Crippen molar-refractivity contribution in [3.05, 3.63) is 51.3 Å². The van der Waals surface area contributed by atoms with Gasteiger partial charge in [0.25, 0.3) is 5.91 Å². The summed E-state index contributed by atoms with van der Waals surface area (Å²) in [4.78, 5) is 22.7. The van der Waals surface area contributed by atoms with Crippen molar-refractivity contribution >= 4 is 23.5 Å². The van der Waals surface area contributed by atoms with Gasteiger partial charge >= 0.3 is 0 Å². The molecule has 1 amide bonds. The van der Waals surface area contributed by atoms with Gasteiger partial charge in [-0.1, -0.05) is 11.6 Å². The summed E-state index contributed by atoms with van der Waals surface area (Å²) in [6, 6.07) is 5.95. The van der Waals surface area contributed by atoms with Gasteiger partial charge in [-0.15, -0.1) is 0 Å². The number of nitriles is 1. The van der Waals surface area contributed by atoms with Crippen LogP contribution in [0.25, 0.3) is 0 Å². The predicted molar refractivity (Wildman–Crippen MR) is 93.4 cm³/mol. The van der Waals surface area contributed by atoms with Crippen LogP contribution in [-0.2, 0) is 19.4 Å². The topological polar surface area (TPSA) is 81.9 Å². The summed E-state index contributed by atoms with van der Waals surface area (Å²) in [5.41, 5.74) is 4.11. The number of nitrogens with zero attached hydrogens (tertiary/aromatic N) is 4. The molecule has 0 spiro atoms. The van der Waals surface area contributed by atoms with E-state index in [1.165, 1.54) is 0 Å². The first kappa shape index (κ1) is 15.9. The molecule has 6 nitrogen and oxygen atoms in total. The number of anilines is 1. The van der Waals surface area contributed by atoms with Crippen molar-refractivity contribution in [1.29, 1.82) is 5.26 Å². The highest BCUT2D eigenvalue weighted by Crippen LogP contribution is 2.30. The Labute approximate surface area is 150 Å². The van der Waals surface area contributed by atoms with Crippen LogP contribution < -0.4 is 5.32 Å². The number of carbonyl (C=O) groups is 1. The normalized spacial score (nSPS) is 18.0. The highest BCUT2D eigenvalue weighted by Gasteiger charge is 2.29. The summed E-state index contributed by atoms with van der Waals surface area (Å²) in [7, 11) is 0. The average molecular weight is 354 g/mol. The molecule has 1 aliphatic heterocycles. The second kappa shape index (κ2) is 6.01. The third-order valence-corrected chi connectivity index (χ3v) is 5.00. The van der Waals surface area contributed by atoms with Crippen LogP contribution in [-0.4, -0.2) is 33.4 Å². The van der Waals surface area contributed by atoms with Gasteiger partial charge in [-0.05, 0) is 43.0 Å². The standard InChI is InChI=1S/C18H16ClN5O/c1-2-24-9-16-15(17(24)25)8-21-18(23-16)22-13-5-10-3-12(19)4-11(7-20)14(10)6-13/h3-4,8,13H,2,5-6,9H2,1H3,(H,21,22,23)/t13-/m0/s1. The van der Waals surface area contributed by atoms with Gasteiger partial charge in [0.2, 0.25) is 5.95 Å². The number of nitrogens with one attached hydrogen (secondary N) is 1. The SMILES string of the molecule is CCN1Cc2nc(N[C@H]3Cc4cc(Cl)cc(C#N)c4C3)ncc2C1=O. The maximum atomic E-state index is 12.1. The second-order valence-corrected chi connectivity index (χ2v) is 6.76. The predicted octanol–water partition coefficient (Wildman–Crippen LogP) is 2.56. The molecule has 0 fully saturated rings. The fourth-order valence-corrected chi connectivity index (χ4v) is 3.79. The van der Waals surface area contributed by atoms with Crippen LogP contribution in [0.15, 0.2) is 18.3 Å². The molecule has 0 bridgehead atoms. The third kappa shape index (κ3) is 2.71. The van der Waals surface area contributed by atoms with Crippen LogP contribution in [0.5, 0.6) is 0 Å². The summed E-state index contributed by atoms with van der Waals surface area (Å²) in [6.07, 6.45) is 3.10.